The van der Waals surface area contributed by atoms with Crippen LogP contribution in [0.2, 0.25) is 0 Å². The molecule has 4 heteroatoms. The van der Waals surface area contributed by atoms with E-state index in [1.54, 1.807) is 0 Å². The molecule has 0 amide bonds. The monoisotopic (exact) mass is 138 g/mol. The average Bonchev–Trinajstić information content (AvgIpc) is 2.43. The van der Waals surface area contributed by atoms with Crippen molar-refractivity contribution in [3.8, 4) is 0 Å². The summed E-state index contributed by atoms with van der Waals surface area (Å²) in [6.45, 7) is 0. The summed E-state index contributed by atoms with van der Waals surface area (Å²) in [5.41, 5.74) is 0. The zero-order valence-electron chi connectivity index (χ0n) is 4.26. The van der Waals surface area contributed by atoms with Crippen LogP contribution in [0.15, 0.2) is 0 Å². The number of carboxylic acid groups (broad SMARTS) is 1. The van der Waals surface area contributed by atoms with Gasteiger partial charge < -0.3 is 5.11 Å². The van der Waals surface area contributed by atoms with Crippen molar-refractivity contribution in [3.63, 3.8) is 0 Å². The van der Waals surface area contributed by atoms with E-state index in [1.807, 2.05) is 0 Å². The van der Waals surface area contributed by atoms with Gasteiger partial charge >= 0.3 is 35.5 Å². The molecule has 0 radical (unpaired) electrons. The fraction of sp³-hybridized carbons (Fsp3) is 0.600. The van der Waals surface area contributed by atoms with E-state index < -0.39 is 11.8 Å². The Morgan fingerprint density at radius 3 is 1.89 bits per heavy atom. The first-order valence-electron chi connectivity index (χ1n) is 2.49. The molecule has 0 unspecified atom stereocenters. The van der Waals surface area contributed by atoms with E-state index in [4.69, 9.17) is 5.11 Å². The summed E-state index contributed by atoms with van der Waals surface area (Å²) in [6.07, 6.45) is 1.54. The first-order chi connectivity index (χ1) is 3.72. The van der Waals surface area contributed by atoms with Crippen molar-refractivity contribution in [1.82, 2.24) is 0 Å². The Hall–Kier alpha value is 0.140. The van der Waals surface area contributed by atoms with Crippen LogP contribution in [-0.4, -0.2) is 46.4 Å². The minimum absolute atomic E-state index is 0. The molecule has 0 spiro atoms. The molecule has 1 fully saturated rings. The Labute approximate surface area is 74.7 Å². The predicted molar refractivity (Wildman–Crippen MR) is 32.5 cm³/mol. The standard InChI is InChI=1S/C5H6O3.Na.H/c6-4(5(7)8)3-1-2-3;;/h3H,1-2H2,(H,7,8);;. The molecule has 1 aliphatic rings. The molecule has 0 heterocycles. The maximum absolute atomic E-state index is 10.3. The first kappa shape index (κ1) is 9.14. The molecule has 1 N–H and O–H groups in total. The number of hydrogen-bond donors (Lipinski definition) is 1. The Bertz CT molecular complexity index is 139. The van der Waals surface area contributed by atoms with Gasteiger partial charge in [0.25, 0.3) is 0 Å². The van der Waals surface area contributed by atoms with Gasteiger partial charge in [0.2, 0.25) is 5.78 Å². The van der Waals surface area contributed by atoms with Gasteiger partial charge in [0.1, 0.15) is 0 Å². The molecule has 46 valence electrons. The summed E-state index contributed by atoms with van der Waals surface area (Å²) in [6, 6.07) is 0. The maximum atomic E-state index is 10.3. The van der Waals surface area contributed by atoms with Crippen LogP contribution in [0.4, 0.5) is 0 Å². The molecular formula is C5H7NaO3. The molecule has 0 aromatic rings. The van der Waals surface area contributed by atoms with E-state index in [1.165, 1.54) is 0 Å². The second kappa shape index (κ2) is 3.34. The molecule has 0 aromatic carbocycles. The van der Waals surface area contributed by atoms with Gasteiger partial charge in [0, 0.05) is 5.92 Å². The van der Waals surface area contributed by atoms with Crippen LogP contribution < -0.4 is 0 Å². The average molecular weight is 138 g/mol. The number of carboxylic acids is 1. The SMILES string of the molecule is O=C(O)C(=O)C1CC1.[NaH]. The van der Waals surface area contributed by atoms with Gasteiger partial charge in [-0.3, -0.25) is 4.79 Å². The van der Waals surface area contributed by atoms with Crippen LogP contribution in [0.25, 0.3) is 0 Å². The van der Waals surface area contributed by atoms with Gasteiger partial charge in [-0.1, -0.05) is 0 Å². The number of Topliss-reactive ketones (excluding diaryl/α,β-unsaturated/α-hetero) is 1. The molecule has 0 saturated heterocycles. The second-order valence-electron chi connectivity index (χ2n) is 1.94. The summed E-state index contributed by atoms with van der Waals surface area (Å²) in [5.74, 6) is -2.05. The molecule has 0 atom stereocenters. The van der Waals surface area contributed by atoms with Crippen molar-refractivity contribution in [2.45, 2.75) is 12.8 Å². The van der Waals surface area contributed by atoms with Crippen molar-refractivity contribution < 1.29 is 14.7 Å². The van der Waals surface area contributed by atoms with Crippen LogP contribution in [0.1, 0.15) is 12.8 Å². The van der Waals surface area contributed by atoms with E-state index >= 15 is 0 Å². The topological polar surface area (TPSA) is 54.4 Å². The third-order valence-electron chi connectivity index (χ3n) is 1.16. The number of hydrogen-bond acceptors (Lipinski definition) is 2. The third kappa shape index (κ3) is 2.47. The van der Waals surface area contributed by atoms with Crippen LogP contribution in [0.3, 0.4) is 0 Å². The summed E-state index contributed by atoms with van der Waals surface area (Å²) in [4.78, 5) is 20.1. The second-order valence-corrected chi connectivity index (χ2v) is 1.94. The summed E-state index contributed by atoms with van der Waals surface area (Å²) < 4.78 is 0. The fourth-order valence-electron chi connectivity index (χ4n) is 0.520. The van der Waals surface area contributed by atoms with E-state index in [0.717, 1.165) is 12.8 Å². The van der Waals surface area contributed by atoms with Crippen LogP contribution in [-0.2, 0) is 9.59 Å². The number of carbonyl (C=O) groups is 2. The Balaban J connectivity index is 0.000000640. The number of aliphatic carboxylic acids is 1. The van der Waals surface area contributed by atoms with Gasteiger partial charge in [-0.25, -0.2) is 4.79 Å². The van der Waals surface area contributed by atoms with E-state index in [9.17, 15) is 9.59 Å². The van der Waals surface area contributed by atoms with E-state index in [-0.39, 0.29) is 35.5 Å². The molecule has 9 heavy (non-hydrogen) atoms. The van der Waals surface area contributed by atoms with Crippen molar-refractivity contribution in [1.29, 1.82) is 0 Å². The molecule has 1 rings (SSSR count). The third-order valence-corrected chi connectivity index (χ3v) is 1.16. The van der Waals surface area contributed by atoms with E-state index in [2.05, 4.69) is 0 Å². The zero-order valence-corrected chi connectivity index (χ0v) is 4.26. The Morgan fingerprint density at radius 1 is 1.33 bits per heavy atom. The van der Waals surface area contributed by atoms with Crippen molar-refractivity contribution in [3.05, 3.63) is 0 Å². The fourth-order valence-corrected chi connectivity index (χ4v) is 0.520. The molecule has 0 aliphatic heterocycles. The summed E-state index contributed by atoms with van der Waals surface area (Å²) in [7, 11) is 0. The molecular weight excluding hydrogens is 131 g/mol. The van der Waals surface area contributed by atoms with Gasteiger partial charge in [0.15, 0.2) is 0 Å². The number of ketones is 1. The molecule has 1 aliphatic carbocycles. The minimum atomic E-state index is -1.28. The summed E-state index contributed by atoms with van der Waals surface area (Å²) >= 11 is 0. The summed E-state index contributed by atoms with van der Waals surface area (Å²) in [5, 5.41) is 8.04. The molecule has 0 bridgehead atoms. The predicted octanol–water partition coefficient (Wildman–Crippen LogP) is -0.598. The van der Waals surface area contributed by atoms with Crippen molar-refractivity contribution in [2.24, 2.45) is 5.92 Å². The zero-order chi connectivity index (χ0) is 6.15. The quantitative estimate of drug-likeness (QED) is 0.409. The van der Waals surface area contributed by atoms with Gasteiger partial charge in [-0.2, -0.15) is 0 Å². The molecule has 3 nitrogen and oxygen atoms in total. The normalized spacial score (nSPS) is 16.0. The number of rotatable bonds is 2. The van der Waals surface area contributed by atoms with E-state index in [0.29, 0.717) is 0 Å². The van der Waals surface area contributed by atoms with Crippen molar-refractivity contribution >= 4 is 41.3 Å². The van der Waals surface area contributed by atoms with Gasteiger partial charge in [0.05, 0.1) is 0 Å². The first-order valence-corrected chi connectivity index (χ1v) is 2.49. The van der Waals surface area contributed by atoms with Crippen LogP contribution >= 0.6 is 0 Å². The Morgan fingerprint density at radius 2 is 1.78 bits per heavy atom. The van der Waals surface area contributed by atoms with Crippen LogP contribution in [0.5, 0.6) is 0 Å². The van der Waals surface area contributed by atoms with Crippen LogP contribution in [0, 0.1) is 5.92 Å². The molecule has 0 aromatic heterocycles. The number of carbonyl (C=O) groups excluding carboxylic acids is 1. The van der Waals surface area contributed by atoms with Gasteiger partial charge in [-0.05, 0) is 12.8 Å². The van der Waals surface area contributed by atoms with Gasteiger partial charge in [-0.15, -0.1) is 0 Å². The molecule has 1 saturated carbocycles. The Kier molecular flexibility index (Phi) is 3.40. The van der Waals surface area contributed by atoms with Crippen molar-refractivity contribution in [2.75, 3.05) is 0 Å².